The average Bonchev–Trinajstić information content (AvgIpc) is 3.26. The molecule has 2 heteroatoms. The number of rotatable bonds is 2. The highest BCUT2D eigenvalue weighted by molar-refractivity contribution is 6.03. The van der Waals surface area contributed by atoms with Crippen molar-refractivity contribution in [3.8, 4) is 28.2 Å². The van der Waals surface area contributed by atoms with Crippen molar-refractivity contribution in [2.45, 2.75) is 19.3 Å². The van der Waals surface area contributed by atoms with Gasteiger partial charge in [-0.1, -0.05) is 92.7 Å². The Morgan fingerprint density at radius 2 is 1.43 bits per heavy atom. The van der Waals surface area contributed by atoms with Crippen molar-refractivity contribution in [3.63, 3.8) is 0 Å². The Morgan fingerprint density at radius 1 is 0.700 bits per heavy atom. The minimum Gasteiger partial charge on any atom is -0.297 e. The molecular formula is C28H22N2. The number of hydrogen-bond acceptors (Lipinski definition) is 1. The van der Waals surface area contributed by atoms with Gasteiger partial charge in [0.25, 0.3) is 0 Å². The molecule has 0 N–H and O–H groups in total. The summed E-state index contributed by atoms with van der Waals surface area (Å²) in [7, 11) is 0. The van der Waals surface area contributed by atoms with Gasteiger partial charge in [-0.05, 0) is 29.3 Å². The number of nitrogens with zero attached hydrogens (tertiary/aromatic N) is 2. The van der Waals surface area contributed by atoms with Crippen LogP contribution in [0.1, 0.15) is 25.1 Å². The molecule has 2 heterocycles. The van der Waals surface area contributed by atoms with Crippen molar-refractivity contribution < 1.29 is 0 Å². The van der Waals surface area contributed by atoms with Crippen molar-refractivity contribution in [1.29, 1.82) is 0 Å². The third-order valence-corrected chi connectivity index (χ3v) is 6.37. The van der Waals surface area contributed by atoms with Crippen molar-refractivity contribution in [2.24, 2.45) is 0 Å². The van der Waals surface area contributed by atoms with Crippen LogP contribution in [0.4, 0.5) is 0 Å². The highest BCUT2D eigenvalue weighted by Crippen LogP contribution is 2.53. The molecule has 3 aromatic carbocycles. The summed E-state index contributed by atoms with van der Waals surface area (Å²) in [6, 6.07) is 34.2. The van der Waals surface area contributed by atoms with Gasteiger partial charge in [-0.3, -0.25) is 4.57 Å². The molecular weight excluding hydrogens is 364 g/mol. The first kappa shape index (κ1) is 17.2. The Labute approximate surface area is 176 Å². The summed E-state index contributed by atoms with van der Waals surface area (Å²) in [6.07, 6.45) is 0. The zero-order chi connectivity index (χ0) is 20.3. The first-order valence-electron chi connectivity index (χ1n) is 10.4. The lowest BCUT2D eigenvalue weighted by Crippen LogP contribution is -2.20. The lowest BCUT2D eigenvalue weighted by atomic mass is 9.85. The van der Waals surface area contributed by atoms with Gasteiger partial charge in [-0.25, -0.2) is 4.98 Å². The molecule has 1 aliphatic rings. The van der Waals surface area contributed by atoms with Crippen molar-refractivity contribution in [3.05, 3.63) is 108 Å². The lowest BCUT2D eigenvalue weighted by molar-refractivity contribution is 0.621. The van der Waals surface area contributed by atoms with Gasteiger partial charge in [0.2, 0.25) is 0 Å². The molecule has 2 aromatic heterocycles. The van der Waals surface area contributed by atoms with E-state index in [2.05, 4.69) is 109 Å². The molecule has 0 saturated heterocycles. The van der Waals surface area contributed by atoms with Gasteiger partial charge in [0.1, 0.15) is 5.82 Å². The van der Waals surface area contributed by atoms with Crippen molar-refractivity contribution >= 4 is 10.9 Å². The van der Waals surface area contributed by atoms with E-state index in [1.165, 1.54) is 33.3 Å². The predicted octanol–water partition coefficient (Wildman–Crippen LogP) is 7.00. The van der Waals surface area contributed by atoms with Crippen LogP contribution < -0.4 is 0 Å². The number of fused-ring (bicyclic) bond motifs is 5. The maximum atomic E-state index is 5.10. The molecule has 0 unspecified atom stereocenters. The molecule has 2 nitrogen and oxygen atoms in total. The van der Waals surface area contributed by atoms with Crippen LogP contribution in [0.15, 0.2) is 97.1 Å². The van der Waals surface area contributed by atoms with Crippen LogP contribution in [0.5, 0.6) is 0 Å². The Bertz CT molecular complexity index is 1410. The molecule has 0 radical (unpaired) electrons. The first-order valence-corrected chi connectivity index (χ1v) is 10.4. The highest BCUT2D eigenvalue weighted by Gasteiger charge is 2.40. The standard InChI is InChI=1S/C28H22N2/c1-28(2)22-15-8-6-13-20(22)26-21-14-7-9-17-24(21)30(27(26)28)25-18-10-16-23(29-25)19-11-4-3-5-12-19/h3-18H,1-2H3. The van der Waals surface area contributed by atoms with Crippen LogP contribution in [0.3, 0.4) is 0 Å². The third kappa shape index (κ3) is 2.28. The number of aromatic nitrogens is 2. The topological polar surface area (TPSA) is 17.8 Å². The van der Waals surface area contributed by atoms with Crippen LogP contribution in [0, 0.1) is 0 Å². The zero-order valence-electron chi connectivity index (χ0n) is 17.1. The SMILES string of the molecule is CC1(C)c2ccccc2-c2c1n(-c1cccc(-c3ccccc3)n1)c1ccccc21. The summed E-state index contributed by atoms with van der Waals surface area (Å²) in [4.78, 5) is 5.10. The van der Waals surface area contributed by atoms with E-state index in [1.54, 1.807) is 0 Å². The van der Waals surface area contributed by atoms with Crippen LogP contribution in [-0.4, -0.2) is 9.55 Å². The average molecular weight is 386 g/mol. The van der Waals surface area contributed by atoms with Crippen molar-refractivity contribution in [2.75, 3.05) is 0 Å². The van der Waals surface area contributed by atoms with Crippen LogP contribution >= 0.6 is 0 Å². The summed E-state index contributed by atoms with van der Waals surface area (Å²) in [6.45, 7) is 4.65. The van der Waals surface area contributed by atoms with Gasteiger partial charge < -0.3 is 0 Å². The van der Waals surface area contributed by atoms with E-state index >= 15 is 0 Å². The maximum Gasteiger partial charge on any atom is 0.138 e. The molecule has 0 atom stereocenters. The fourth-order valence-corrected chi connectivity index (χ4v) is 5.03. The fourth-order valence-electron chi connectivity index (χ4n) is 5.03. The van der Waals surface area contributed by atoms with Gasteiger partial charge in [0.05, 0.1) is 11.2 Å². The fraction of sp³-hybridized carbons (Fsp3) is 0.107. The second kappa shape index (κ2) is 6.17. The number of pyridine rings is 1. The van der Waals surface area contributed by atoms with E-state index in [0.717, 1.165) is 17.1 Å². The van der Waals surface area contributed by atoms with E-state index in [1.807, 2.05) is 6.07 Å². The first-order chi connectivity index (χ1) is 14.7. The molecule has 1 aliphatic carbocycles. The number of hydrogen-bond donors (Lipinski definition) is 0. The van der Waals surface area contributed by atoms with E-state index in [-0.39, 0.29) is 5.41 Å². The molecule has 0 bridgehead atoms. The Hall–Kier alpha value is -3.65. The number of benzene rings is 3. The number of para-hydroxylation sites is 1. The molecule has 0 spiro atoms. The second-order valence-corrected chi connectivity index (χ2v) is 8.49. The molecule has 0 amide bonds. The van der Waals surface area contributed by atoms with E-state index in [0.29, 0.717) is 0 Å². The van der Waals surface area contributed by atoms with E-state index in [4.69, 9.17) is 4.98 Å². The Kier molecular flexibility index (Phi) is 3.54. The maximum absolute atomic E-state index is 5.10. The largest absolute Gasteiger partial charge is 0.297 e. The summed E-state index contributed by atoms with van der Waals surface area (Å²) in [5.41, 5.74) is 8.63. The molecule has 0 fully saturated rings. The molecule has 0 aliphatic heterocycles. The van der Waals surface area contributed by atoms with Gasteiger partial charge in [0.15, 0.2) is 0 Å². The van der Waals surface area contributed by atoms with E-state index < -0.39 is 0 Å². The molecule has 30 heavy (non-hydrogen) atoms. The van der Waals surface area contributed by atoms with Gasteiger partial charge >= 0.3 is 0 Å². The van der Waals surface area contributed by atoms with Gasteiger partial charge in [-0.2, -0.15) is 0 Å². The monoisotopic (exact) mass is 386 g/mol. The Balaban J connectivity index is 1.69. The second-order valence-electron chi connectivity index (χ2n) is 8.49. The normalized spacial score (nSPS) is 13.9. The third-order valence-electron chi connectivity index (χ3n) is 6.37. The lowest BCUT2D eigenvalue weighted by Gasteiger charge is -2.24. The minimum absolute atomic E-state index is 0.102. The summed E-state index contributed by atoms with van der Waals surface area (Å²) < 4.78 is 2.37. The van der Waals surface area contributed by atoms with E-state index in [9.17, 15) is 0 Å². The zero-order valence-corrected chi connectivity index (χ0v) is 17.1. The molecule has 6 rings (SSSR count). The summed E-state index contributed by atoms with van der Waals surface area (Å²) in [5, 5.41) is 1.29. The Morgan fingerprint density at radius 3 is 2.30 bits per heavy atom. The summed E-state index contributed by atoms with van der Waals surface area (Å²) >= 11 is 0. The van der Waals surface area contributed by atoms with Gasteiger partial charge in [-0.15, -0.1) is 0 Å². The minimum atomic E-state index is -0.102. The smallest absolute Gasteiger partial charge is 0.138 e. The molecule has 0 saturated carbocycles. The summed E-state index contributed by atoms with van der Waals surface area (Å²) in [5.74, 6) is 0.967. The van der Waals surface area contributed by atoms with Crippen LogP contribution in [-0.2, 0) is 5.41 Å². The van der Waals surface area contributed by atoms with Crippen LogP contribution in [0.25, 0.3) is 39.1 Å². The van der Waals surface area contributed by atoms with Gasteiger partial charge in [0, 0.05) is 27.6 Å². The predicted molar refractivity (Wildman–Crippen MR) is 124 cm³/mol. The quantitative estimate of drug-likeness (QED) is 0.319. The van der Waals surface area contributed by atoms with Crippen molar-refractivity contribution in [1.82, 2.24) is 9.55 Å². The molecule has 144 valence electrons. The highest BCUT2D eigenvalue weighted by atomic mass is 15.1. The van der Waals surface area contributed by atoms with Crippen LogP contribution in [0.2, 0.25) is 0 Å². The molecule has 5 aromatic rings.